The Kier molecular flexibility index (Phi) is 5.76. The molecule has 2 N–H and O–H groups in total. The zero-order valence-electron chi connectivity index (χ0n) is 17.6. The van der Waals surface area contributed by atoms with Gasteiger partial charge in [-0.25, -0.2) is 13.6 Å². The summed E-state index contributed by atoms with van der Waals surface area (Å²) in [5, 5.41) is 19.0. The average molecular weight is 426 g/mol. The number of piperazine rings is 1. The van der Waals surface area contributed by atoms with Crippen molar-refractivity contribution in [3.8, 4) is 0 Å². The third kappa shape index (κ3) is 4.11. The van der Waals surface area contributed by atoms with Crippen molar-refractivity contribution in [3.05, 3.63) is 23.5 Å². The lowest BCUT2D eigenvalue weighted by Crippen LogP contribution is -2.61. The van der Waals surface area contributed by atoms with Gasteiger partial charge in [0.25, 0.3) is 5.92 Å². The average Bonchev–Trinajstić information content (AvgIpc) is 2.92. The number of hydrogen-bond acceptors (Lipinski definition) is 5. The number of carbonyl (C=O) groups excluding carboxylic acids is 1. The number of nitrogens with zero attached hydrogens (tertiary/aromatic N) is 4. The molecule has 0 saturated carbocycles. The quantitative estimate of drug-likeness (QED) is 0.763. The minimum atomic E-state index is -3.08. The number of hydrogen-bond donors (Lipinski definition) is 2. The third-order valence-corrected chi connectivity index (χ3v) is 5.91. The molecule has 30 heavy (non-hydrogen) atoms. The third-order valence-electron chi connectivity index (χ3n) is 5.91. The predicted molar refractivity (Wildman–Crippen MR) is 106 cm³/mol. The van der Waals surface area contributed by atoms with E-state index in [0.717, 1.165) is 13.1 Å². The Bertz CT molecular complexity index is 843. The summed E-state index contributed by atoms with van der Waals surface area (Å²) < 4.78 is 27.7. The van der Waals surface area contributed by atoms with Gasteiger partial charge in [0.15, 0.2) is 0 Å². The fraction of sp³-hybridized carbons (Fsp3) is 0.650. The van der Waals surface area contributed by atoms with Crippen molar-refractivity contribution < 1.29 is 28.6 Å². The van der Waals surface area contributed by atoms with Gasteiger partial charge in [0, 0.05) is 49.8 Å². The van der Waals surface area contributed by atoms with E-state index in [9.17, 15) is 28.6 Å². The van der Waals surface area contributed by atoms with Gasteiger partial charge in [-0.3, -0.25) is 14.7 Å². The highest BCUT2D eigenvalue weighted by Crippen LogP contribution is 2.41. The number of aliphatic hydroxyl groups excluding tert-OH is 1. The van der Waals surface area contributed by atoms with E-state index in [2.05, 4.69) is 4.98 Å². The topological polar surface area (TPSA) is 97.2 Å². The molecular formula is C20H28F2N4O4. The number of fused-ring (bicyclic) bond motifs is 1. The van der Waals surface area contributed by atoms with Crippen LogP contribution in [-0.2, 0) is 16.1 Å². The highest BCUT2D eigenvalue weighted by Gasteiger charge is 2.42. The van der Waals surface area contributed by atoms with E-state index in [1.165, 1.54) is 15.9 Å². The van der Waals surface area contributed by atoms with Crippen molar-refractivity contribution in [2.45, 2.75) is 51.1 Å². The molecule has 2 amide bonds. The smallest absolute Gasteiger partial charge is 0.407 e. The van der Waals surface area contributed by atoms with Gasteiger partial charge in [-0.05, 0) is 13.0 Å². The molecule has 0 aliphatic carbocycles. The molecule has 3 rings (SSSR count). The molecule has 2 aliphatic heterocycles. The summed E-state index contributed by atoms with van der Waals surface area (Å²) in [5.74, 6) is -3.37. The van der Waals surface area contributed by atoms with Crippen LogP contribution in [0.1, 0.15) is 39.0 Å². The summed E-state index contributed by atoms with van der Waals surface area (Å²) in [7, 11) is 0. The maximum absolute atomic E-state index is 13.8. The predicted octanol–water partition coefficient (Wildman–Crippen LogP) is 1.86. The summed E-state index contributed by atoms with van der Waals surface area (Å²) in [5.41, 5.74) is 0.222. The van der Waals surface area contributed by atoms with Crippen molar-refractivity contribution >= 4 is 17.7 Å². The van der Waals surface area contributed by atoms with E-state index in [4.69, 9.17) is 0 Å². The van der Waals surface area contributed by atoms with Crippen LogP contribution in [0.25, 0.3) is 0 Å². The number of pyridine rings is 1. The van der Waals surface area contributed by atoms with Crippen LogP contribution < -0.4 is 4.90 Å². The first-order valence-corrected chi connectivity index (χ1v) is 9.89. The summed E-state index contributed by atoms with van der Waals surface area (Å²) in [6.07, 6.45) is 0.0876. The molecule has 1 saturated heterocycles. The molecule has 1 aromatic rings. The first kappa shape index (κ1) is 22.4. The summed E-state index contributed by atoms with van der Waals surface area (Å²) in [4.78, 5) is 33.2. The van der Waals surface area contributed by atoms with E-state index in [0.29, 0.717) is 24.5 Å². The fourth-order valence-corrected chi connectivity index (χ4v) is 4.20. The molecule has 10 heteroatoms. The Balaban J connectivity index is 1.84. The molecule has 3 heterocycles. The Morgan fingerprint density at radius 3 is 2.57 bits per heavy atom. The van der Waals surface area contributed by atoms with Crippen molar-refractivity contribution in [1.82, 2.24) is 14.8 Å². The second kappa shape index (κ2) is 7.73. The molecular weight excluding hydrogens is 398 g/mol. The Hall–Kier alpha value is -2.33. The van der Waals surface area contributed by atoms with Gasteiger partial charge < -0.3 is 20.0 Å². The molecule has 1 aromatic heterocycles. The SMILES string of the molecule is C[C@@H]1CN(CC(=O)N2CC(C)(C)c3ncc(C(C)(F)F)cc32)[C@@H](CO)CN1C(=O)O. The summed E-state index contributed by atoms with van der Waals surface area (Å²) in [6.45, 7) is 6.69. The van der Waals surface area contributed by atoms with Crippen molar-refractivity contribution in [2.24, 2.45) is 0 Å². The van der Waals surface area contributed by atoms with Crippen molar-refractivity contribution in [3.63, 3.8) is 0 Å². The maximum Gasteiger partial charge on any atom is 0.407 e. The summed E-state index contributed by atoms with van der Waals surface area (Å²) in [6, 6.07) is 0.469. The molecule has 0 aromatic carbocycles. The lowest BCUT2D eigenvalue weighted by Gasteiger charge is -2.43. The first-order valence-electron chi connectivity index (χ1n) is 9.89. The largest absolute Gasteiger partial charge is 0.465 e. The minimum Gasteiger partial charge on any atom is -0.465 e. The number of amides is 2. The molecule has 8 nitrogen and oxygen atoms in total. The first-order chi connectivity index (χ1) is 13.8. The van der Waals surface area contributed by atoms with Crippen LogP contribution in [0.5, 0.6) is 0 Å². The zero-order valence-corrected chi connectivity index (χ0v) is 17.6. The van der Waals surface area contributed by atoms with Crippen molar-refractivity contribution in [1.29, 1.82) is 0 Å². The van der Waals surface area contributed by atoms with E-state index < -0.39 is 23.5 Å². The van der Waals surface area contributed by atoms with E-state index in [1.54, 1.807) is 11.8 Å². The van der Waals surface area contributed by atoms with Crippen LogP contribution in [-0.4, -0.2) is 81.9 Å². The van der Waals surface area contributed by atoms with Crippen LogP contribution >= 0.6 is 0 Å². The van der Waals surface area contributed by atoms with Crippen LogP contribution in [0.15, 0.2) is 12.3 Å². The molecule has 0 spiro atoms. The van der Waals surface area contributed by atoms with Gasteiger partial charge in [0.05, 0.1) is 30.6 Å². The van der Waals surface area contributed by atoms with E-state index in [1.807, 2.05) is 13.8 Å². The van der Waals surface area contributed by atoms with Gasteiger partial charge in [0.2, 0.25) is 5.91 Å². The van der Waals surface area contributed by atoms with Crippen LogP contribution in [0.2, 0.25) is 0 Å². The molecule has 1 fully saturated rings. The van der Waals surface area contributed by atoms with Crippen molar-refractivity contribution in [2.75, 3.05) is 37.7 Å². The molecule has 166 valence electrons. The minimum absolute atomic E-state index is 0.0503. The monoisotopic (exact) mass is 426 g/mol. The lowest BCUT2D eigenvalue weighted by molar-refractivity contribution is -0.121. The number of aliphatic hydroxyl groups is 1. The lowest BCUT2D eigenvalue weighted by atomic mass is 9.91. The number of carboxylic acid groups (broad SMARTS) is 1. The van der Waals surface area contributed by atoms with Crippen LogP contribution in [0.4, 0.5) is 19.3 Å². The normalized spacial score (nSPS) is 24.1. The second-order valence-corrected chi connectivity index (χ2v) is 8.89. The van der Waals surface area contributed by atoms with Crippen LogP contribution in [0.3, 0.4) is 0 Å². The zero-order chi connectivity index (χ0) is 22.4. The number of alkyl halides is 2. The second-order valence-electron chi connectivity index (χ2n) is 8.89. The van der Waals surface area contributed by atoms with Gasteiger partial charge in [-0.2, -0.15) is 0 Å². The number of halogens is 2. The van der Waals surface area contributed by atoms with E-state index in [-0.39, 0.29) is 37.2 Å². The molecule has 2 atom stereocenters. The molecule has 0 bridgehead atoms. The highest BCUT2D eigenvalue weighted by atomic mass is 19.3. The summed E-state index contributed by atoms with van der Waals surface area (Å²) >= 11 is 0. The van der Waals surface area contributed by atoms with Gasteiger partial charge >= 0.3 is 6.09 Å². The molecule has 0 unspecified atom stereocenters. The number of carbonyl (C=O) groups is 2. The van der Waals surface area contributed by atoms with Crippen LogP contribution in [0, 0.1) is 0 Å². The highest BCUT2D eigenvalue weighted by molar-refractivity contribution is 5.97. The maximum atomic E-state index is 13.8. The van der Waals surface area contributed by atoms with Gasteiger partial charge in [-0.1, -0.05) is 13.8 Å². The van der Waals surface area contributed by atoms with E-state index >= 15 is 0 Å². The number of anilines is 1. The molecule has 0 radical (unpaired) electrons. The Morgan fingerprint density at radius 2 is 2.00 bits per heavy atom. The van der Waals surface area contributed by atoms with Gasteiger partial charge in [0.1, 0.15) is 0 Å². The standard InChI is InChI=1S/C20H28F2N4O4/c1-12-7-24(14(10-27)8-25(12)18(29)30)9-16(28)26-11-19(2,3)17-15(26)5-13(6-23-17)20(4,21)22/h5-6,12,14,27H,7-11H2,1-4H3,(H,29,30)/t12-,14-/m1/s1. The number of aromatic nitrogens is 1. The van der Waals surface area contributed by atoms with Gasteiger partial charge in [-0.15, -0.1) is 0 Å². The Labute approximate surface area is 174 Å². The number of rotatable bonds is 4. The molecule has 2 aliphatic rings. The Morgan fingerprint density at radius 1 is 1.33 bits per heavy atom. The fourth-order valence-electron chi connectivity index (χ4n) is 4.20.